The van der Waals surface area contributed by atoms with E-state index in [1.165, 1.54) is 6.07 Å². The van der Waals surface area contributed by atoms with E-state index in [9.17, 15) is 4.39 Å². The third-order valence-corrected chi connectivity index (χ3v) is 4.13. The lowest BCUT2D eigenvalue weighted by atomic mass is 10.1. The van der Waals surface area contributed by atoms with Crippen molar-refractivity contribution in [2.75, 3.05) is 19.0 Å². The Balaban J connectivity index is 2.04. The van der Waals surface area contributed by atoms with E-state index in [2.05, 4.69) is 27.8 Å². The van der Waals surface area contributed by atoms with Gasteiger partial charge in [0.2, 0.25) is 0 Å². The number of morpholine rings is 1. The van der Waals surface area contributed by atoms with Gasteiger partial charge in [-0.25, -0.2) is 4.39 Å². The van der Waals surface area contributed by atoms with Gasteiger partial charge in [0.05, 0.1) is 17.2 Å². The molecule has 1 heterocycles. The van der Waals surface area contributed by atoms with Crippen LogP contribution in [0.25, 0.3) is 0 Å². The highest BCUT2D eigenvalue weighted by Gasteiger charge is 2.25. The summed E-state index contributed by atoms with van der Waals surface area (Å²) in [6.45, 7) is 4.43. The lowest BCUT2D eigenvalue weighted by Gasteiger charge is -2.37. The van der Waals surface area contributed by atoms with Gasteiger partial charge in [-0.1, -0.05) is 6.07 Å². The zero-order valence-corrected chi connectivity index (χ0v) is 12.5. The van der Waals surface area contributed by atoms with Crippen LogP contribution in [0, 0.1) is 5.82 Å². The fourth-order valence-electron chi connectivity index (χ4n) is 2.06. The van der Waals surface area contributed by atoms with Crippen LogP contribution in [0.5, 0.6) is 0 Å². The molecular formula is C13H16BrClFNO. The van der Waals surface area contributed by atoms with Crippen LogP contribution < -0.4 is 0 Å². The van der Waals surface area contributed by atoms with Crippen molar-refractivity contribution in [2.45, 2.75) is 25.6 Å². The standard InChI is InChI=1S/C13H16BrClFNO/c1-9-8-18-11(5-15)7-17(9)6-10-2-3-13(16)12(14)4-10/h2-4,9,11H,5-8H2,1H3. The van der Waals surface area contributed by atoms with Crippen LogP contribution in [0.1, 0.15) is 12.5 Å². The van der Waals surface area contributed by atoms with Gasteiger partial charge >= 0.3 is 0 Å². The van der Waals surface area contributed by atoms with Crippen molar-refractivity contribution < 1.29 is 9.13 Å². The predicted octanol–water partition coefficient (Wildman–Crippen LogP) is 3.42. The SMILES string of the molecule is CC1COC(CCl)CN1Cc1ccc(F)c(Br)c1. The molecule has 2 rings (SSSR count). The van der Waals surface area contributed by atoms with Gasteiger partial charge in [-0.05, 0) is 40.5 Å². The summed E-state index contributed by atoms with van der Waals surface area (Å²) in [7, 11) is 0. The Morgan fingerprint density at radius 2 is 2.33 bits per heavy atom. The third-order valence-electron chi connectivity index (χ3n) is 3.18. The van der Waals surface area contributed by atoms with Crippen LogP contribution in [0.4, 0.5) is 4.39 Å². The number of hydrogen-bond donors (Lipinski definition) is 0. The molecule has 2 atom stereocenters. The summed E-state index contributed by atoms with van der Waals surface area (Å²) in [5, 5.41) is 0. The summed E-state index contributed by atoms with van der Waals surface area (Å²) < 4.78 is 19.3. The topological polar surface area (TPSA) is 12.5 Å². The largest absolute Gasteiger partial charge is 0.374 e. The van der Waals surface area contributed by atoms with Gasteiger partial charge in [0.1, 0.15) is 5.82 Å². The second kappa shape index (κ2) is 6.33. The molecule has 0 amide bonds. The first-order valence-corrected chi connectivity index (χ1v) is 7.28. The van der Waals surface area contributed by atoms with Crippen LogP contribution in [0.15, 0.2) is 22.7 Å². The Hall–Kier alpha value is -0.160. The maximum absolute atomic E-state index is 13.2. The monoisotopic (exact) mass is 335 g/mol. The highest BCUT2D eigenvalue weighted by atomic mass is 79.9. The Labute approximate surface area is 120 Å². The summed E-state index contributed by atoms with van der Waals surface area (Å²) in [6, 6.07) is 5.49. The van der Waals surface area contributed by atoms with Gasteiger partial charge in [0.25, 0.3) is 0 Å². The highest BCUT2D eigenvalue weighted by molar-refractivity contribution is 9.10. The Bertz CT molecular complexity index is 418. The van der Waals surface area contributed by atoms with Crippen molar-refractivity contribution in [3.63, 3.8) is 0 Å². The minimum Gasteiger partial charge on any atom is -0.374 e. The van der Waals surface area contributed by atoms with Gasteiger partial charge in [0.15, 0.2) is 0 Å². The first kappa shape index (κ1) is 14.3. The average molecular weight is 337 g/mol. The molecule has 1 aliphatic heterocycles. The van der Waals surface area contributed by atoms with E-state index < -0.39 is 0 Å². The van der Waals surface area contributed by atoms with Crippen molar-refractivity contribution in [1.82, 2.24) is 4.90 Å². The van der Waals surface area contributed by atoms with E-state index in [1.54, 1.807) is 0 Å². The summed E-state index contributed by atoms with van der Waals surface area (Å²) in [6.07, 6.45) is 0.0896. The fourth-order valence-corrected chi connectivity index (χ4v) is 2.67. The van der Waals surface area contributed by atoms with Gasteiger partial charge in [-0.3, -0.25) is 4.90 Å². The molecule has 0 radical (unpaired) electrons. The van der Waals surface area contributed by atoms with Crippen LogP contribution >= 0.6 is 27.5 Å². The van der Waals surface area contributed by atoms with Gasteiger partial charge in [0, 0.05) is 25.0 Å². The van der Waals surface area contributed by atoms with Crippen molar-refractivity contribution in [3.8, 4) is 0 Å². The molecule has 1 saturated heterocycles. The normalized spacial score (nSPS) is 25.3. The molecule has 0 aromatic heterocycles. The molecule has 1 aromatic rings. The van der Waals surface area contributed by atoms with E-state index in [1.807, 2.05) is 12.1 Å². The summed E-state index contributed by atoms with van der Waals surface area (Å²) >= 11 is 9.05. The average Bonchev–Trinajstić information content (AvgIpc) is 2.36. The maximum Gasteiger partial charge on any atom is 0.137 e. The molecule has 1 aliphatic rings. The van der Waals surface area contributed by atoms with Gasteiger partial charge in [-0.15, -0.1) is 11.6 Å². The summed E-state index contributed by atoms with van der Waals surface area (Å²) in [5.41, 5.74) is 1.09. The fraction of sp³-hybridized carbons (Fsp3) is 0.538. The lowest BCUT2D eigenvalue weighted by Crippen LogP contribution is -2.48. The minimum absolute atomic E-state index is 0.0896. The number of hydrogen-bond acceptors (Lipinski definition) is 2. The molecule has 2 unspecified atom stereocenters. The van der Waals surface area contributed by atoms with E-state index in [-0.39, 0.29) is 11.9 Å². The number of benzene rings is 1. The van der Waals surface area contributed by atoms with Crippen LogP contribution in [-0.4, -0.2) is 36.1 Å². The number of nitrogens with zero attached hydrogens (tertiary/aromatic N) is 1. The van der Waals surface area contributed by atoms with E-state index in [4.69, 9.17) is 16.3 Å². The maximum atomic E-state index is 13.2. The van der Waals surface area contributed by atoms with E-state index >= 15 is 0 Å². The minimum atomic E-state index is -0.229. The summed E-state index contributed by atoms with van der Waals surface area (Å²) in [5.74, 6) is 0.281. The zero-order valence-electron chi connectivity index (χ0n) is 10.2. The zero-order chi connectivity index (χ0) is 13.1. The van der Waals surface area contributed by atoms with Gasteiger partial charge < -0.3 is 4.74 Å². The molecule has 0 bridgehead atoms. The highest BCUT2D eigenvalue weighted by Crippen LogP contribution is 2.20. The molecule has 1 aromatic carbocycles. The molecule has 0 spiro atoms. The molecule has 18 heavy (non-hydrogen) atoms. The number of rotatable bonds is 3. The van der Waals surface area contributed by atoms with Crippen molar-refractivity contribution >= 4 is 27.5 Å². The van der Waals surface area contributed by atoms with E-state index in [0.29, 0.717) is 23.0 Å². The predicted molar refractivity (Wildman–Crippen MR) is 74.4 cm³/mol. The number of ether oxygens (including phenoxy) is 1. The van der Waals surface area contributed by atoms with Crippen LogP contribution in [0.2, 0.25) is 0 Å². The quantitative estimate of drug-likeness (QED) is 0.784. The Morgan fingerprint density at radius 1 is 1.56 bits per heavy atom. The van der Waals surface area contributed by atoms with Crippen LogP contribution in [0.3, 0.4) is 0 Å². The third kappa shape index (κ3) is 3.44. The van der Waals surface area contributed by atoms with Crippen molar-refractivity contribution in [3.05, 3.63) is 34.1 Å². The molecule has 0 aliphatic carbocycles. The first-order valence-electron chi connectivity index (χ1n) is 5.95. The lowest BCUT2D eigenvalue weighted by molar-refractivity contribution is -0.0510. The molecule has 5 heteroatoms. The molecule has 100 valence electrons. The summed E-state index contributed by atoms with van der Waals surface area (Å²) in [4.78, 5) is 2.32. The van der Waals surface area contributed by atoms with Gasteiger partial charge in [-0.2, -0.15) is 0 Å². The Morgan fingerprint density at radius 3 is 3.00 bits per heavy atom. The first-order chi connectivity index (χ1) is 8.60. The molecule has 1 fully saturated rings. The van der Waals surface area contributed by atoms with E-state index in [0.717, 1.165) is 18.7 Å². The Kier molecular flexibility index (Phi) is 5.01. The number of alkyl halides is 1. The molecule has 0 saturated carbocycles. The molecular weight excluding hydrogens is 321 g/mol. The second-order valence-corrected chi connectivity index (χ2v) is 5.80. The van der Waals surface area contributed by atoms with Crippen molar-refractivity contribution in [1.29, 1.82) is 0 Å². The molecule has 2 nitrogen and oxygen atoms in total. The molecule has 0 N–H and O–H groups in total. The van der Waals surface area contributed by atoms with Crippen LogP contribution in [-0.2, 0) is 11.3 Å². The van der Waals surface area contributed by atoms with Crippen molar-refractivity contribution in [2.24, 2.45) is 0 Å². The number of halogens is 3. The smallest absolute Gasteiger partial charge is 0.137 e. The second-order valence-electron chi connectivity index (χ2n) is 4.64.